The molecule has 0 amide bonds. The van der Waals surface area contributed by atoms with Crippen LogP contribution in [0.5, 0.6) is 0 Å². The molecule has 4 rings (SSSR count). The summed E-state index contributed by atoms with van der Waals surface area (Å²) in [5.74, 6) is 3.25. The van der Waals surface area contributed by atoms with Gasteiger partial charge < -0.3 is 4.57 Å². The van der Waals surface area contributed by atoms with Crippen LogP contribution < -0.4 is 0 Å². The lowest BCUT2D eigenvalue weighted by Gasteiger charge is -2.21. The van der Waals surface area contributed by atoms with E-state index >= 15 is 0 Å². The van der Waals surface area contributed by atoms with Crippen LogP contribution in [-0.2, 0) is 5.88 Å². The summed E-state index contributed by atoms with van der Waals surface area (Å²) in [4.78, 5) is 4.72. The molecule has 0 unspecified atom stereocenters. The van der Waals surface area contributed by atoms with E-state index in [2.05, 4.69) is 38.7 Å². The van der Waals surface area contributed by atoms with Crippen LogP contribution in [0, 0.1) is 11.8 Å². The number of benzene rings is 1. The average Bonchev–Trinajstić information content (AvgIpc) is 3.29. The van der Waals surface area contributed by atoms with Crippen LogP contribution in [0.15, 0.2) is 22.7 Å². The molecule has 2 nitrogen and oxygen atoms in total. The molecule has 1 heterocycles. The van der Waals surface area contributed by atoms with Gasteiger partial charge in [-0.2, -0.15) is 0 Å². The Kier molecular flexibility index (Phi) is 2.89. The van der Waals surface area contributed by atoms with E-state index in [0.717, 1.165) is 27.6 Å². The first kappa shape index (κ1) is 12.2. The van der Waals surface area contributed by atoms with Crippen LogP contribution in [0.2, 0.25) is 0 Å². The largest absolute Gasteiger partial charge is 0.323 e. The molecule has 0 bridgehead atoms. The molecule has 1 aromatic heterocycles. The summed E-state index contributed by atoms with van der Waals surface area (Å²) in [5.41, 5.74) is 2.32. The Morgan fingerprint density at radius 1 is 1.26 bits per heavy atom. The van der Waals surface area contributed by atoms with E-state index in [1.165, 1.54) is 31.2 Å². The topological polar surface area (TPSA) is 17.8 Å². The number of rotatable bonds is 4. The second-order valence-electron chi connectivity index (χ2n) is 5.83. The Hall–Kier alpha value is -0.540. The molecule has 100 valence electrons. The van der Waals surface area contributed by atoms with Gasteiger partial charge in [-0.15, -0.1) is 11.6 Å². The maximum atomic E-state index is 6.14. The summed E-state index contributed by atoms with van der Waals surface area (Å²) >= 11 is 9.72. The van der Waals surface area contributed by atoms with Gasteiger partial charge in [0, 0.05) is 10.5 Å². The van der Waals surface area contributed by atoms with Gasteiger partial charge >= 0.3 is 0 Å². The molecule has 2 fully saturated rings. The number of fused-ring (bicyclic) bond motifs is 1. The van der Waals surface area contributed by atoms with E-state index in [9.17, 15) is 0 Å². The zero-order valence-electron chi connectivity index (χ0n) is 10.6. The number of aromatic nitrogens is 2. The van der Waals surface area contributed by atoms with E-state index < -0.39 is 0 Å². The molecule has 2 aromatic rings. The Labute approximate surface area is 126 Å². The van der Waals surface area contributed by atoms with Crippen molar-refractivity contribution in [2.24, 2.45) is 11.8 Å². The Morgan fingerprint density at radius 2 is 1.95 bits per heavy atom. The number of hydrogen-bond acceptors (Lipinski definition) is 1. The molecule has 0 aliphatic heterocycles. The molecule has 2 aliphatic rings. The maximum Gasteiger partial charge on any atom is 0.125 e. The Balaban J connectivity index is 1.91. The van der Waals surface area contributed by atoms with E-state index in [0.29, 0.717) is 11.9 Å². The minimum absolute atomic E-state index is 0.502. The molecule has 2 saturated carbocycles. The molecule has 4 heteroatoms. The van der Waals surface area contributed by atoms with E-state index in [1.54, 1.807) is 0 Å². The van der Waals surface area contributed by atoms with Crippen LogP contribution in [0.1, 0.15) is 37.5 Å². The second kappa shape index (κ2) is 4.49. The number of halogens is 2. The monoisotopic (exact) mass is 338 g/mol. The summed E-state index contributed by atoms with van der Waals surface area (Å²) in [5, 5.41) is 0. The van der Waals surface area contributed by atoms with Gasteiger partial charge in [0.2, 0.25) is 0 Å². The lowest BCUT2D eigenvalue weighted by molar-refractivity contribution is 0.396. The summed E-state index contributed by atoms with van der Waals surface area (Å²) in [7, 11) is 0. The van der Waals surface area contributed by atoms with Crippen molar-refractivity contribution in [3.63, 3.8) is 0 Å². The van der Waals surface area contributed by atoms with Gasteiger partial charge in [-0.3, -0.25) is 0 Å². The first-order valence-corrected chi connectivity index (χ1v) is 8.33. The Morgan fingerprint density at radius 3 is 2.53 bits per heavy atom. The fourth-order valence-corrected chi connectivity index (χ4v) is 3.76. The highest BCUT2D eigenvalue weighted by molar-refractivity contribution is 9.10. The van der Waals surface area contributed by atoms with Gasteiger partial charge in [-0.05, 0) is 55.7 Å². The lowest BCUT2D eigenvalue weighted by Crippen LogP contribution is -2.15. The van der Waals surface area contributed by atoms with Gasteiger partial charge in [0.1, 0.15) is 5.82 Å². The van der Waals surface area contributed by atoms with Gasteiger partial charge in [0.15, 0.2) is 0 Å². The van der Waals surface area contributed by atoms with Crippen molar-refractivity contribution < 1.29 is 0 Å². The van der Waals surface area contributed by atoms with Gasteiger partial charge in [0.05, 0.1) is 16.9 Å². The highest BCUT2D eigenvalue weighted by atomic mass is 79.9. The minimum atomic E-state index is 0.502. The summed E-state index contributed by atoms with van der Waals surface area (Å²) in [6.07, 6.45) is 5.49. The molecule has 19 heavy (non-hydrogen) atoms. The molecule has 0 radical (unpaired) electrons. The third-order valence-corrected chi connectivity index (χ3v) is 5.08. The third-order valence-electron chi connectivity index (χ3n) is 4.35. The predicted molar refractivity (Wildman–Crippen MR) is 81.5 cm³/mol. The van der Waals surface area contributed by atoms with Crippen molar-refractivity contribution in [3.05, 3.63) is 28.5 Å². The van der Waals surface area contributed by atoms with Crippen molar-refractivity contribution in [2.45, 2.75) is 37.6 Å². The highest BCUT2D eigenvalue weighted by Crippen LogP contribution is 2.53. The van der Waals surface area contributed by atoms with Gasteiger partial charge in [0.25, 0.3) is 0 Å². The van der Waals surface area contributed by atoms with E-state index in [1.807, 2.05) is 0 Å². The van der Waals surface area contributed by atoms with Gasteiger partial charge in [-0.1, -0.05) is 15.9 Å². The van der Waals surface area contributed by atoms with E-state index in [4.69, 9.17) is 16.6 Å². The highest BCUT2D eigenvalue weighted by Gasteiger charge is 2.43. The number of nitrogens with zero attached hydrogens (tertiary/aromatic N) is 2. The second-order valence-corrected chi connectivity index (χ2v) is 7.01. The molecule has 0 spiro atoms. The molecule has 2 aliphatic carbocycles. The minimum Gasteiger partial charge on any atom is -0.323 e. The van der Waals surface area contributed by atoms with Crippen molar-refractivity contribution in [1.29, 1.82) is 0 Å². The smallest absolute Gasteiger partial charge is 0.125 e. The normalized spacial score (nSPS) is 19.5. The zero-order valence-corrected chi connectivity index (χ0v) is 13.0. The van der Waals surface area contributed by atoms with Crippen LogP contribution >= 0.6 is 27.5 Å². The van der Waals surface area contributed by atoms with Crippen LogP contribution in [-0.4, -0.2) is 9.55 Å². The molecular weight excluding hydrogens is 324 g/mol. The molecule has 1 aromatic carbocycles. The summed E-state index contributed by atoms with van der Waals surface area (Å²) in [6.45, 7) is 0. The van der Waals surface area contributed by atoms with Crippen LogP contribution in [0.3, 0.4) is 0 Å². The zero-order chi connectivity index (χ0) is 13.0. The lowest BCUT2D eigenvalue weighted by atomic mass is 10.1. The average molecular weight is 340 g/mol. The first-order chi connectivity index (χ1) is 9.28. The SMILES string of the molecule is ClCc1nc2ccc(Br)cc2n1C(C1CC1)C1CC1. The summed E-state index contributed by atoms with van der Waals surface area (Å²) < 4.78 is 3.57. The predicted octanol–water partition coefficient (Wildman–Crippen LogP) is 4.90. The van der Waals surface area contributed by atoms with E-state index in [-0.39, 0.29) is 0 Å². The molecular formula is C15H16BrClN2. The fraction of sp³-hybridized carbons (Fsp3) is 0.533. The molecule has 0 saturated heterocycles. The quantitative estimate of drug-likeness (QED) is 0.725. The van der Waals surface area contributed by atoms with Crippen LogP contribution in [0.25, 0.3) is 11.0 Å². The first-order valence-electron chi connectivity index (χ1n) is 7.00. The van der Waals surface area contributed by atoms with Gasteiger partial charge in [-0.25, -0.2) is 4.98 Å². The van der Waals surface area contributed by atoms with Crippen LogP contribution in [0.4, 0.5) is 0 Å². The summed E-state index contributed by atoms with van der Waals surface area (Å²) in [6, 6.07) is 6.97. The van der Waals surface area contributed by atoms with Crippen molar-refractivity contribution in [3.8, 4) is 0 Å². The van der Waals surface area contributed by atoms with Crippen molar-refractivity contribution >= 4 is 38.6 Å². The van der Waals surface area contributed by atoms with Crippen molar-refractivity contribution in [1.82, 2.24) is 9.55 Å². The molecule has 0 N–H and O–H groups in total. The number of hydrogen-bond donors (Lipinski definition) is 0. The number of imidazole rings is 1. The number of alkyl halides is 1. The molecule has 0 atom stereocenters. The fourth-order valence-electron chi connectivity index (χ4n) is 3.23. The maximum absolute atomic E-state index is 6.14. The standard InChI is InChI=1S/C15H16BrClN2/c16-11-5-6-12-13(7-11)19(14(8-17)18-12)15(9-1-2-9)10-3-4-10/h5-7,9-10,15H,1-4,8H2. The Bertz CT molecular complexity index is 616. The van der Waals surface area contributed by atoms with Crippen molar-refractivity contribution in [2.75, 3.05) is 0 Å². The third kappa shape index (κ3) is 2.11.